The summed E-state index contributed by atoms with van der Waals surface area (Å²) in [6.07, 6.45) is 3.27. The van der Waals surface area contributed by atoms with Gasteiger partial charge >= 0.3 is 5.97 Å². The van der Waals surface area contributed by atoms with E-state index in [0.29, 0.717) is 24.9 Å². The van der Waals surface area contributed by atoms with Crippen LogP contribution in [0.4, 0.5) is 5.69 Å². The highest BCUT2D eigenvalue weighted by Crippen LogP contribution is 2.32. The fourth-order valence-electron chi connectivity index (χ4n) is 2.57. The number of aryl methyl sites for hydroxylation is 1. The Hall–Kier alpha value is -1.63. The third-order valence-corrected chi connectivity index (χ3v) is 5.39. The first-order chi connectivity index (χ1) is 9.44. The van der Waals surface area contributed by atoms with E-state index in [1.807, 2.05) is 0 Å². The van der Waals surface area contributed by atoms with Crippen LogP contribution in [-0.4, -0.2) is 31.7 Å². The van der Waals surface area contributed by atoms with E-state index in [9.17, 15) is 13.2 Å². The number of hydrogen-bond acceptors (Lipinski definition) is 5. The maximum Gasteiger partial charge on any atom is 0.310 e. The number of anilines is 1. The summed E-state index contributed by atoms with van der Waals surface area (Å²) in [6.45, 7) is 1.78. The molecule has 1 aliphatic carbocycles. The average molecular weight is 298 g/mol. The van der Waals surface area contributed by atoms with E-state index in [0.717, 1.165) is 5.69 Å². The second-order valence-corrected chi connectivity index (χ2v) is 6.83. The lowest BCUT2D eigenvalue weighted by molar-refractivity contribution is -0.145. The number of sulfonamides is 1. The van der Waals surface area contributed by atoms with Crippen molar-refractivity contribution in [2.45, 2.75) is 31.4 Å². The molecule has 1 fully saturated rings. The molecule has 2 unspecified atom stereocenters. The lowest BCUT2D eigenvalue weighted by atomic mass is 10.1. The summed E-state index contributed by atoms with van der Waals surface area (Å²) in [7, 11) is -2.33. The van der Waals surface area contributed by atoms with E-state index < -0.39 is 27.2 Å². The van der Waals surface area contributed by atoms with Crippen LogP contribution in [0.3, 0.4) is 0 Å². The zero-order valence-electron chi connectivity index (χ0n) is 11.5. The Morgan fingerprint density at radius 1 is 1.45 bits per heavy atom. The fraction of sp³-hybridized carbons (Fsp3) is 0.538. The summed E-state index contributed by atoms with van der Waals surface area (Å²) >= 11 is 0. The van der Waals surface area contributed by atoms with Crippen LogP contribution in [0.2, 0.25) is 0 Å². The van der Waals surface area contributed by atoms with Crippen LogP contribution < -0.4 is 4.72 Å². The third-order valence-electron chi connectivity index (χ3n) is 3.51. The average Bonchev–Trinajstić information content (AvgIpc) is 2.87. The van der Waals surface area contributed by atoms with Gasteiger partial charge in [0.1, 0.15) is 0 Å². The molecule has 1 aliphatic rings. The predicted molar refractivity (Wildman–Crippen MR) is 74.7 cm³/mol. The van der Waals surface area contributed by atoms with Gasteiger partial charge in [0, 0.05) is 11.9 Å². The molecule has 2 rings (SSSR count). The van der Waals surface area contributed by atoms with Crippen LogP contribution in [0.25, 0.3) is 0 Å². The molecule has 1 aromatic rings. The molecule has 0 radical (unpaired) electrons. The van der Waals surface area contributed by atoms with Crippen molar-refractivity contribution in [1.82, 2.24) is 4.98 Å². The van der Waals surface area contributed by atoms with Crippen molar-refractivity contribution in [3.63, 3.8) is 0 Å². The second kappa shape index (κ2) is 5.78. The van der Waals surface area contributed by atoms with Gasteiger partial charge in [0.2, 0.25) is 10.0 Å². The Kier molecular flexibility index (Phi) is 4.27. The predicted octanol–water partition coefficient (Wildman–Crippen LogP) is 1.47. The molecule has 1 aromatic heterocycles. The van der Waals surface area contributed by atoms with E-state index in [1.165, 1.54) is 7.11 Å². The van der Waals surface area contributed by atoms with Gasteiger partial charge in [-0.15, -0.1) is 0 Å². The summed E-state index contributed by atoms with van der Waals surface area (Å²) in [5.74, 6) is -1.04. The standard InChI is InChI=1S/C13H18N2O4S/c1-9-8-10(6-7-14-9)15-20(17,18)12-5-3-4-11(12)13(16)19-2/h6-8,11-12H,3-5H2,1-2H3,(H,14,15). The molecule has 1 heterocycles. The zero-order chi connectivity index (χ0) is 14.8. The summed E-state index contributed by atoms with van der Waals surface area (Å²) in [6, 6.07) is 3.24. The number of esters is 1. The van der Waals surface area contributed by atoms with Gasteiger partial charge in [-0.05, 0) is 31.9 Å². The van der Waals surface area contributed by atoms with Gasteiger partial charge in [-0.3, -0.25) is 14.5 Å². The van der Waals surface area contributed by atoms with E-state index in [1.54, 1.807) is 25.3 Å². The number of rotatable bonds is 4. The molecular weight excluding hydrogens is 280 g/mol. The van der Waals surface area contributed by atoms with Crippen molar-refractivity contribution in [1.29, 1.82) is 0 Å². The number of hydrogen-bond donors (Lipinski definition) is 1. The topological polar surface area (TPSA) is 85.4 Å². The highest BCUT2D eigenvalue weighted by molar-refractivity contribution is 7.93. The molecule has 0 saturated heterocycles. The Morgan fingerprint density at radius 3 is 2.85 bits per heavy atom. The van der Waals surface area contributed by atoms with Crippen LogP contribution in [0.1, 0.15) is 25.0 Å². The number of pyridine rings is 1. The molecule has 0 bridgehead atoms. The van der Waals surface area contributed by atoms with Crippen LogP contribution in [0, 0.1) is 12.8 Å². The van der Waals surface area contributed by atoms with E-state index in [4.69, 9.17) is 0 Å². The molecule has 7 heteroatoms. The minimum Gasteiger partial charge on any atom is -0.469 e. The van der Waals surface area contributed by atoms with Crippen molar-refractivity contribution in [3.05, 3.63) is 24.0 Å². The minimum atomic E-state index is -3.61. The number of carbonyl (C=O) groups excluding carboxylic acids is 1. The molecular formula is C13H18N2O4S. The maximum absolute atomic E-state index is 12.4. The van der Waals surface area contributed by atoms with Gasteiger partial charge in [0.15, 0.2) is 0 Å². The van der Waals surface area contributed by atoms with Gasteiger partial charge in [-0.1, -0.05) is 6.42 Å². The molecule has 0 aromatic carbocycles. The quantitative estimate of drug-likeness (QED) is 0.851. The van der Waals surface area contributed by atoms with Crippen molar-refractivity contribution >= 4 is 21.7 Å². The molecule has 0 spiro atoms. The zero-order valence-corrected chi connectivity index (χ0v) is 12.3. The van der Waals surface area contributed by atoms with Crippen molar-refractivity contribution < 1.29 is 17.9 Å². The lowest BCUT2D eigenvalue weighted by Gasteiger charge is -2.19. The van der Waals surface area contributed by atoms with E-state index in [2.05, 4.69) is 14.4 Å². The van der Waals surface area contributed by atoms with Gasteiger partial charge in [0.05, 0.1) is 24.0 Å². The lowest BCUT2D eigenvalue weighted by Crippen LogP contribution is -2.35. The Bertz CT molecular complexity index is 600. The first kappa shape index (κ1) is 14.8. The fourth-order valence-corrected chi connectivity index (χ4v) is 4.33. The van der Waals surface area contributed by atoms with Crippen LogP contribution in [-0.2, 0) is 19.6 Å². The summed E-state index contributed by atoms with van der Waals surface area (Å²) < 4.78 is 32.0. The minimum absolute atomic E-state index is 0.455. The first-order valence-corrected chi connectivity index (χ1v) is 8.01. The summed E-state index contributed by atoms with van der Waals surface area (Å²) in [5.41, 5.74) is 1.19. The second-order valence-electron chi connectivity index (χ2n) is 4.93. The number of nitrogens with one attached hydrogen (secondary N) is 1. The Balaban J connectivity index is 2.19. The molecule has 0 aliphatic heterocycles. The van der Waals surface area contributed by atoms with E-state index in [-0.39, 0.29) is 0 Å². The third kappa shape index (κ3) is 3.09. The van der Waals surface area contributed by atoms with Gasteiger partial charge < -0.3 is 4.74 Å². The number of nitrogens with zero attached hydrogens (tertiary/aromatic N) is 1. The smallest absolute Gasteiger partial charge is 0.310 e. The Labute approximate surface area is 118 Å². The highest BCUT2D eigenvalue weighted by Gasteiger charge is 2.42. The molecule has 6 nitrogen and oxygen atoms in total. The van der Waals surface area contributed by atoms with Gasteiger partial charge in [-0.2, -0.15) is 0 Å². The first-order valence-electron chi connectivity index (χ1n) is 6.46. The SMILES string of the molecule is COC(=O)C1CCCC1S(=O)(=O)Nc1ccnc(C)c1. The number of carbonyl (C=O) groups is 1. The van der Waals surface area contributed by atoms with Crippen LogP contribution >= 0.6 is 0 Å². The Morgan fingerprint density at radius 2 is 2.20 bits per heavy atom. The molecule has 1 N–H and O–H groups in total. The monoisotopic (exact) mass is 298 g/mol. The largest absolute Gasteiger partial charge is 0.469 e. The molecule has 0 amide bonds. The number of methoxy groups -OCH3 is 1. The molecule has 110 valence electrons. The van der Waals surface area contributed by atoms with Crippen molar-refractivity contribution in [3.8, 4) is 0 Å². The molecule has 20 heavy (non-hydrogen) atoms. The summed E-state index contributed by atoms with van der Waals surface area (Å²) in [5, 5.41) is -0.733. The number of aromatic nitrogens is 1. The summed E-state index contributed by atoms with van der Waals surface area (Å²) in [4.78, 5) is 15.7. The van der Waals surface area contributed by atoms with Crippen LogP contribution in [0.5, 0.6) is 0 Å². The number of ether oxygens (including phenoxy) is 1. The highest BCUT2D eigenvalue weighted by atomic mass is 32.2. The van der Waals surface area contributed by atoms with E-state index >= 15 is 0 Å². The molecule has 2 atom stereocenters. The van der Waals surface area contributed by atoms with Crippen molar-refractivity contribution in [2.24, 2.45) is 5.92 Å². The van der Waals surface area contributed by atoms with Crippen LogP contribution in [0.15, 0.2) is 18.3 Å². The molecule has 1 saturated carbocycles. The maximum atomic E-state index is 12.4. The van der Waals surface area contributed by atoms with Gasteiger partial charge in [0.25, 0.3) is 0 Å². The van der Waals surface area contributed by atoms with Gasteiger partial charge in [-0.25, -0.2) is 8.42 Å². The van der Waals surface area contributed by atoms with Crippen molar-refractivity contribution in [2.75, 3.05) is 11.8 Å². The normalized spacial score (nSPS) is 22.5.